The van der Waals surface area contributed by atoms with E-state index in [1.165, 1.54) is 25.3 Å². The van der Waals surface area contributed by atoms with Crippen LogP contribution in [0.15, 0.2) is 58.1 Å². The summed E-state index contributed by atoms with van der Waals surface area (Å²) in [5.74, 6) is -0.894. The molecule has 0 radical (unpaired) electrons. The zero-order valence-corrected chi connectivity index (χ0v) is 16.6. The topological polar surface area (TPSA) is 95.2 Å². The van der Waals surface area contributed by atoms with E-state index in [0.29, 0.717) is 24.3 Å². The molecule has 0 atom stereocenters. The van der Waals surface area contributed by atoms with Gasteiger partial charge in [-0.2, -0.15) is 9.78 Å². The lowest BCUT2D eigenvalue weighted by molar-refractivity contribution is 0.0943. The summed E-state index contributed by atoms with van der Waals surface area (Å²) >= 11 is 0. The van der Waals surface area contributed by atoms with E-state index in [4.69, 9.17) is 4.74 Å². The monoisotopic (exact) mass is 412 g/mol. The minimum atomic E-state index is -0.861. The van der Waals surface area contributed by atoms with Crippen LogP contribution in [0.2, 0.25) is 0 Å². The van der Waals surface area contributed by atoms with Crippen molar-refractivity contribution >= 4 is 5.91 Å². The van der Waals surface area contributed by atoms with Gasteiger partial charge in [-0.3, -0.25) is 14.2 Å². The molecule has 3 aromatic rings. The summed E-state index contributed by atoms with van der Waals surface area (Å²) in [6, 6.07) is 12.3. The molecule has 30 heavy (non-hydrogen) atoms. The zero-order chi connectivity index (χ0) is 21.7. The lowest BCUT2D eigenvalue weighted by Crippen LogP contribution is -2.46. The van der Waals surface area contributed by atoms with Gasteiger partial charge in [0.2, 0.25) is 5.69 Å². The summed E-state index contributed by atoms with van der Waals surface area (Å²) in [6.07, 6.45) is 0.649. The Morgan fingerprint density at radius 3 is 2.63 bits per heavy atom. The van der Waals surface area contributed by atoms with Crippen LogP contribution < -0.4 is 21.3 Å². The van der Waals surface area contributed by atoms with E-state index in [1.807, 2.05) is 6.92 Å². The minimum absolute atomic E-state index is 0.139. The van der Waals surface area contributed by atoms with E-state index in [2.05, 4.69) is 10.4 Å². The fourth-order valence-electron chi connectivity index (χ4n) is 2.85. The van der Waals surface area contributed by atoms with Crippen LogP contribution in [0.1, 0.15) is 29.4 Å². The van der Waals surface area contributed by atoms with Gasteiger partial charge < -0.3 is 10.1 Å². The van der Waals surface area contributed by atoms with Gasteiger partial charge in [-0.05, 0) is 36.2 Å². The molecule has 9 heteroatoms. The Kier molecular flexibility index (Phi) is 6.41. The van der Waals surface area contributed by atoms with E-state index in [9.17, 15) is 18.8 Å². The maximum Gasteiger partial charge on any atom is 0.352 e. The predicted octanol–water partition coefficient (Wildman–Crippen LogP) is 1.73. The van der Waals surface area contributed by atoms with Gasteiger partial charge in [-0.1, -0.05) is 31.2 Å². The van der Waals surface area contributed by atoms with Crippen molar-refractivity contribution in [2.24, 2.45) is 0 Å². The highest BCUT2D eigenvalue weighted by atomic mass is 19.1. The van der Waals surface area contributed by atoms with Gasteiger partial charge >= 0.3 is 5.69 Å². The van der Waals surface area contributed by atoms with E-state index < -0.39 is 28.7 Å². The van der Waals surface area contributed by atoms with Crippen molar-refractivity contribution in [3.63, 3.8) is 0 Å². The summed E-state index contributed by atoms with van der Waals surface area (Å²) in [5.41, 5.74) is -1.77. The number of benzene rings is 2. The number of halogens is 1. The molecule has 2 aromatic carbocycles. The third kappa shape index (κ3) is 4.29. The number of nitrogens with zero attached hydrogens (tertiary/aromatic N) is 3. The molecular weight excluding hydrogens is 391 g/mol. The molecule has 0 bridgehead atoms. The molecule has 0 unspecified atom stereocenters. The quantitative estimate of drug-likeness (QED) is 0.638. The Hall–Kier alpha value is -3.75. The highest BCUT2D eigenvalue weighted by Crippen LogP contribution is 2.13. The first kappa shape index (κ1) is 21.0. The van der Waals surface area contributed by atoms with Crippen molar-refractivity contribution < 1.29 is 13.9 Å². The molecule has 156 valence electrons. The lowest BCUT2D eigenvalue weighted by Gasteiger charge is -2.13. The number of hydrogen-bond acceptors (Lipinski definition) is 5. The van der Waals surface area contributed by atoms with Crippen LogP contribution in [-0.2, 0) is 6.54 Å². The van der Waals surface area contributed by atoms with Crippen molar-refractivity contribution in [3.05, 3.63) is 86.4 Å². The fourth-order valence-corrected chi connectivity index (χ4v) is 2.85. The molecule has 3 rings (SSSR count). The fraction of sp³-hybridized carbons (Fsp3) is 0.238. The van der Waals surface area contributed by atoms with Crippen LogP contribution in [-0.4, -0.2) is 33.9 Å². The molecule has 1 heterocycles. The maximum atomic E-state index is 14.3. The van der Waals surface area contributed by atoms with Gasteiger partial charge in [0, 0.05) is 6.54 Å². The number of hydrogen-bond donors (Lipinski definition) is 1. The van der Waals surface area contributed by atoms with Gasteiger partial charge in [-0.25, -0.2) is 9.18 Å². The maximum absolute atomic E-state index is 14.3. The summed E-state index contributed by atoms with van der Waals surface area (Å²) in [5, 5.41) is 6.45. The minimum Gasteiger partial charge on any atom is -0.497 e. The highest BCUT2D eigenvalue weighted by Gasteiger charge is 2.21. The van der Waals surface area contributed by atoms with Gasteiger partial charge in [0.1, 0.15) is 17.3 Å². The van der Waals surface area contributed by atoms with E-state index in [0.717, 1.165) is 15.3 Å². The predicted molar refractivity (Wildman–Crippen MR) is 109 cm³/mol. The lowest BCUT2D eigenvalue weighted by atomic mass is 10.2. The molecule has 0 spiro atoms. The van der Waals surface area contributed by atoms with Crippen molar-refractivity contribution in [2.75, 3.05) is 13.7 Å². The summed E-state index contributed by atoms with van der Waals surface area (Å²) in [7, 11) is 1.50. The van der Waals surface area contributed by atoms with Crippen molar-refractivity contribution in [2.45, 2.75) is 19.9 Å². The zero-order valence-electron chi connectivity index (χ0n) is 16.6. The first-order valence-corrected chi connectivity index (χ1v) is 9.36. The molecule has 0 aliphatic heterocycles. The Morgan fingerprint density at radius 1 is 1.17 bits per heavy atom. The Morgan fingerprint density at radius 2 is 1.93 bits per heavy atom. The molecule has 8 nitrogen and oxygen atoms in total. The third-order valence-electron chi connectivity index (χ3n) is 4.37. The number of nitrogens with one attached hydrogen (secondary N) is 1. The number of rotatable bonds is 7. The Labute approximate surface area is 171 Å². The highest BCUT2D eigenvalue weighted by molar-refractivity contribution is 5.91. The first-order chi connectivity index (χ1) is 14.5. The third-order valence-corrected chi connectivity index (χ3v) is 4.37. The average Bonchev–Trinajstić information content (AvgIpc) is 2.76. The van der Waals surface area contributed by atoms with Gasteiger partial charge in [0.25, 0.3) is 11.5 Å². The van der Waals surface area contributed by atoms with Gasteiger partial charge in [0.15, 0.2) is 0 Å². The number of amides is 1. The standard InChI is InChI=1S/C21H21FN4O4/c1-3-11-23-19(27)18-20(28)25(13-14-7-6-8-15(12-14)30-2)21(29)26(24-18)17-10-5-4-9-16(17)22/h4-10,12H,3,11,13H2,1-2H3,(H,23,27). The molecule has 1 N–H and O–H groups in total. The van der Waals surface area contributed by atoms with Crippen molar-refractivity contribution in [3.8, 4) is 11.4 Å². The second kappa shape index (κ2) is 9.17. The molecular formula is C21H21FN4O4. The largest absolute Gasteiger partial charge is 0.497 e. The molecule has 0 fully saturated rings. The number of carbonyl (C=O) groups is 1. The van der Waals surface area contributed by atoms with E-state index in [-0.39, 0.29) is 12.2 Å². The number of carbonyl (C=O) groups excluding carboxylic acids is 1. The SMILES string of the molecule is CCCNC(=O)c1nn(-c2ccccc2F)c(=O)n(Cc2cccc(OC)c2)c1=O. The smallest absolute Gasteiger partial charge is 0.352 e. The average molecular weight is 412 g/mol. The van der Waals surface area contributed by atoms with Crippen LogP contribution in [0.25, 0.3) is 5.69 Å². The molecule has 0 aliphatic rings. The Balaban J connectivity index is 2.20. The molecule has 0 saturated carbocycles. The van der Waals surface area contributed by atoms with Gasteiger partial charge in [0.05, 0.1) is 13.7 Å². The van der Waals surface area contributed by atoms with E-state index in [1.54, 1.807) is 24.3 Å². The number of aromatic nitrogens is 3. The second-order valence-corrected chi connectivity index (χ2v) is 6.49. The number of ether oxygens (including phenoxy) is 1. The number of methoxy groups -OCH3 is 1. The Bertz CT molecular complexity index is 1190. The molecule has 1 amide bonds. The van der Waals surface area contributed by atoms with Crippen LogP contribution in [0, 0.1) is 5.82 Å². The summed E-state index contributed by atoms with van der Waals surface area (Å²) in [4.78, 5) is 38.4. The molecule has 0 saturated heterocycles. The molecule has 1 aromatic heterocycles. The summed E-state index contributed by atoms with van der Waals surface area (Å²) < 4.78 is 21.1. The van der Waals surface area contributed by atoms with Gasteiger partial charge in [-0.15, -0.1) is 0 Å². The van der Waals surface area contributed by atoms with Crippen LogP contribution in [0.4, 0.5) is 4.39 Å². The van der Waals surface area contributed by atoms with E-state index >= 15 is 0 Å². The molecule has 0 aliphatic carbocycles. The normalized spacial score (nSPS) is 10.6. The van der Waals surface area contributed by atoms with Crippen LogP contribution in [0.3, 0.4) is 0 Å². The number of para-hydroxylation sites is 1. The first-order valence-electron chi connectivity index (χ1n) is 9.36. The van der Waals surface area contributed by atoms with Crippen molar-refractivity contribution in [1.82, 2.24) is 19.7 Å². The second-order valence-electron chi connectivity index (χ2n) is 6.49. The van der Waals surface area contributed by atoms with Crippen LogP contribution in [0.5, 0.6) is 5.75 Å². The van der Waals surface area contributed by atoms with Crippen LogP contribution >= 0.6 is 0 Å². The summed E-state index contributed by atoms with van der Waals surface area (Å²) in [6.45, 7) is 2.05. The van der Waals surface area contributed by atoms with Crippen molar-refractivity contribution in [1.29, 1.82) is 0 Å².